The van der Waals surface area contributed by atoms with Crippen molar-refractivity contribution >= 4 is 11.8 Å². The first kappa shape index (κ1) is 15.3. The van der Waals surface area contributed by atoms with Crippen molar-refractivity contribution in [3.8, 4) is 0 Å². The first-order chi connectivity index (χ1) is 8.13. The lowest BCUT2D eigenvalue weighted by Crippen LogP contribution is -2.34. The van der Waals surface area contributed by atoms with Gasteiger partial charge in [0.25, 0.3) is 0 Å². The molecule has 0 aromatic heterocycles. The van der Waals surface area contributed by atoms with Crippen LogP contribution in [0, 0.1) is 5.92 Å². The average Bonchev–Trinajstić information content (AvgIpc) is 2.75. The van der Waals surface area contributed by atoms with Crippen LogP contribution in [-0.4, -0.2) is 48.1 Å². The molecule has 1 aliphatic heterocycles. The lowest BCUT2D eigenvalue weighted by molar-refractivity contribution is 0.243. The van der Waals surface area contributed by atoms with Crippen LogP contribution in [-0.2, 0) is 0 Å². The summed E-state index contributed by atoms with van der Waals surface area (Å²) in [5.74, 6) is 3.45. The molecule has 0 saturated carbocycles. The highest BCUT2D eigenvalue weighted by Crippen LogP contribution is 2.20. The van der Waals surface area contributed by atoms with E-state index in [2.05, 4.69) is 49.7 Å². The molecule has 0 spiro atoms. The topological polar surface area (TPSA) is 15.3 Å². The fourth-order valence-corrected chi connectivity index (χ4v) is 3.21. The Hall–Kier alpha value is 0.270. The third-order valence-corrected chi connectivity index (χ3v) is 4.57. The number of hydrogen-bond donors (Lipinski definition) is 1. The molecule has 0 aromatic carbocycles. The van der Waals surface area contributed by atoms with Crippen LogP contribution in [0.2, 0.25) is 0 Å². The lowest BCUT2D eigenvalue weighted by atomic mass is 10.1. The van der Waals surface area contributed by atoms with Gasteiger partial charge in [0.05, 0.1) is 0 Å². The third kappa shape index (κ3) is 6.12. The van der Waals surface area contributed by atoms with Gasteiger partial charge < -0.3 is 10.2 Å². The van der Waals surface area contributed by atoms with E-state index >= 15 is 0 Å². The van der Waals surface area contributed by atoms with E-state index < -0.39 is 0 Å². The Bertz CT molecular complexity index is 197. The van der Waals surface area contributed by atoms with Gasteiger partial charge in [-0.3, -0.25) is 0 Å². The molecule has 0 aliphatic carbocycles. The Morgan fingerprint density at radius 3 is 2.76 bits per heavy atom. The molecule has 1 N–H and O–H groups in total. The molecular formula is C14H30N2S. The fraction of sp³-hybridized carbons (Fsp3) is 1.00. The van der Waals surface area contributed by atoms with Gasteiger partial charge in [-0.25, -0.2) is 0 Å². The number of rotatable bonds is 8. The lowest BCUT2D eigenvalue weighted by Gasteiger charge is -2.24. The van der Waals surface area contributed by atoms with E-state index in [1.54, 1.807) is 0 Å². The zero-order valence-corrected chi connectivity index (χ0v) is 12.9. The number of likely N-dealkylation sites (tertiary alicyclic amines) is 1. The molecule has 1 rings (SSSR count). The van der Waals surface area contributed by atoms with Crippen molar-refractivity contribution in [3.63, 3.8) is 0 Å². The molecule has 1 fully saturated rings. The summed E-state index contributed by atoms with van der Waals surface area (Å²) in [4.78, 5) is 2.68. The Balaban J connectivity index is 2.15. The van der Waals surface area contributed by atoms with Gasteiger partial charge in [0.2, 0.25) is 0 Å². The van der Waals surface area contributed by atoms with E-state index in [9.17, 15) is 0 Å². The van der Waals surface area contributed by atoms with E-state index in [0.717, 1.165) is 12.0 Å². The summed E-state index contributed by atoms with van der Waals surface area (Å²) in [5, 5.41) is 3.57. The van der Waals surface area contributed by atoms with Gasteiger partial charge in [0, 0.05) is 18.6 Å². The normalized spacial score (nSPS) is 23.5. The summed E-state index contributed by atoms with van der Waals surface area (Å²) in [6.07, 6.45) is 2.73. The van der Waals surface area contributed by atoms with Crippen molar-refractivity contribution in [2.75, 3.05) is 31.1 Å². The molecule has 0 radical (unpaired) electrons. The highest BCUT2D eigenvalue weighted by atomic mass is 32.2. The molecular weight excluding hydrogens is 228 g/mol. The predicted molar refractivity (Wildman–Crippen MR) is 79.9 cm³/mol. The summed E-state index contributed by atoms with van der Waals surface area (Å²) in [6.45, 7) is 12.9. The van der Waals surface area contributed by atoms with E-state index in [0.29, 0.717) is 6.04 Å². The van der Waals surface area contributed by atoms with Crippen molar-refractivity contribution in [1.29, 1.82) is 0 Å². The maximum absolute atomic E-state index is 3.57. The second-order valence-electron chi connectivity index (χ2n) is 5.55. The third-order valence-electron chi connectivity index (χ3n) is 3.64. The Labute approximate surface area is 112 Å². The van der Waals surface area contributed by atoms with Crippen LogP contribution in [0.25, 0.3) is 0 Å². The summed E-state index contributed by atoms with van der Waals surface area (Å²) >= 11 is 2.07. The van der Waals surface area contributed by atoms with Crippen molar-refractivity contribution in [2.45, 2.75) is 52.6 Å². The standard InChI is InChI=1S/C14H30N2S/c1-5-17-9-7-13(4)16-8-6-14(11-16)10-15-12(2)3/h12-15H,5-11H2,1-4H3. The van der Waals surface area contributed by atoms with Crippen LogP contribution in [0.1, 0.15) is 40.5 Å². The van der Waals surface area contributed by atoms with Gasteiger partial charge in [-0.15, -0.1) is 0 Å². The van der Waals surface area contributed by atoms with Crippen molar-refractivity contribution in [2.24, 2.45) is 5.92 Å². The summed E-state index contributed by atoms with van der Waals surface area (Å²) in [7, 11) is 0. The first-order valence-corrected chi connectivity index (χ1v) is 8.34. The first-order valence-electron chi connectivity index (χ1n) is 7.18. The smallest absolute Gasteiger partial charge is 0.00749 e. The van der Waals surface area contributed by atoms with Gasteiger partial charge in [0.1, 0.15) is 0 Å². The van der Waals surface area contributed by atoms with Gasteiger partial charge >= 0.3 is 0 Å². The molecule has 0 amide bonds. The number of nitrogens with zero attached hydrogens (tertiary/aromatic N) is 1. The van der Waals surface area contributed by atoms with Crippen molar-refractivity contribution in [1.82, 2.24) is 10.2 Å². The molecule has 0 bridgehead atoms. The van der Waals surface area contributed by atoms with E-state index in [1.165, 1.54) is 44.0 Å². The van der Waals surface area contributed by atoms with Crippen LogP contribution in [0.3, 0.4) is 0 Å². The van der Waals surface area contributed by atoms with Gasteiger partial charge in [-0.05, 0) is 50.3 Å². The van der Waals surface area contributed by atoms with E-state index in [1.807, 2.05) is 0 Å². The summed E-state index contributed by atoms with van der Waals surface area (Å²) in [6, 6.07) is 1.40. The summed E-state index contributed by atoms with van der Waals surface area (Å²) in [5.41, 5.74) is 0. The highest BCUT2D eigenvalue weighted by Gasteiger charge is 2.25. The van der Waals surface area contributed by atoms with Crippen molar-refractivity contribution in [3.05, 3.63) is 0 Å². The minimum atomic E-state index is 0.627. The van der Waals surface area contributed by atoms with Gasteiger partial charge in [0.15, 0.2) is 0 Å². The zero-order valence-electron chi connectivity index (χ0n) is 12.0. The molecule has 1 aliphatic rings. The van der Waals surface area contributed by atoms with Crippen LogP contribution >= 0.6 is 11.8 Å². The molecule has 0 aromatic rings. The second-order valence-corrected chi connectivity index (χ2v) is 6.94. The van der Waals surface area contributed by atoms with Crippen molar-refractivity contribution < 1.29 is 0 Å². The molecule has 2 atom stereocenters. The molecule has 3 heteroatoms. The van der Waals surface area contributed by atoms with Crippen LogP contribution < -0.4 is 5.32 Å². The summed E-state index contributed by atoms with van der Waals surface area (Å²) < 4.78 is 0. The minimum Gasteiger partial charge on any atom is -0.314 e. The molecule has 2 nitrogen and oxygen atoms in total. The van der Waals surface area contributed by atoms with E-state index in [-0.39, 0.29) is 0 Å². The van der Waals surface area contributed by atoms with Crippen LogP contribution in [0.4, 0.5) is 0 Å². The second kappa shape index (κ2) is 8.39. The Morgan fingerprint density at radius 2 is 2.12 bits per heavy atom. The maximum Gasteiger partial charge on any atom is 0.00749 e. The maximum atomic E-state index is 3.57. The molecule has 1 saturated heterocycles. The molecule has 17 heavy (non-hydrogen) atoms. The zero-order chi connectivity index (χ0) is 12.7. The SMILES string of the molecule is CCSCCC(C)N1CCC(CNC(C)C)C1. The predicted octanol–water partition coefficient (Wildman–Crippen LogP) is 2.84. The largest absolute Gasteiger partial charge is 0.314 e. The van der Waals surface area contributed by atoms with Crippen LogP contribution in [0.15, 0.2) is 0 Å². The number of hydrogen-bond acceptors (Lipinski definition) is 3. The Kier molecular flexibility index (Phi) is 7.56. The molecule has 102 valence electrons. The quantitative estimate of drug-likeness (QED) is 0.674. The van der Waals surface area contributed by atoms with Crippen LogP contribution in [0.5, 0.6) is 0 Å². The fourth-order valence-electron chi connectivity index (χ4n) is 2.41. The number of thioether (sulfide) groups is 1. The monoisotopic (exact) mass is 258 g/mol. The van der Waals surface area contributed by atoms with Gasteiger partial charge in [-0.2, -0.15) is 11.8 Å². The van der Waals surface area contributed by atoms with E-state index in [4.69, 9.17) is 0 Å². The van der Waals surface area contributed by atoms with Gasteiger partial charge in [-0.1, -0.05) is 20.8 Å². The highest BCUT2D eigenvalue weighted by molar-refractivity contribution is 7.99. The minimum absolute atomic E-state index is 0.627. The Morgan fingerprint density at radius 1 is 1.35 bits per heavy atom. The number of nitrogens with one attached hydrogen (secondary N) is 1. The molecule has 2 unspecified atom stereocenters. The average molecular weight is 258 g/mol. The molecule has 1 heterocycles.